The highest BCUT2D eigenvalue weighted by molar-refractivity contribution is 5.97. The van der Waals surface area contributed by atoms with Crippen LogP contribution in [-0.2, 0) is 0 Å². The van der Waals surface area contributed by atoms with Gasteiger partial charge in [-0.2, -0.15) is 0 Å². The van der Waals surface area contributed by atoms with E-state index in [1.165, 1.54) is 12.1 Å². The van der Waals surface area contributed by atoms with Gasteiger partial charge in [0.25, 0.3) is 5.91 Å². The molecule has 0 saturated carbocycles. The highest BCUT2D eigenvalue weighted by Crippen LogP contribution is 2.32. The summed E-state index contributed by atoms with van der Waals surface area (Å²) in [5.41, 5.74) is 6.46. The summed E-state index contributed by atoms with van der Waals surface area (Å²) in [7, 11) is 0. The summed E-state index contributed by atoms with van der Waals surface area (Å²) >= 11 is 0. The summed E-state index contributed by atoms with van der Waals surface area (Å²) in [6, 6.07) is 24.7. The monoisotopic (exact) mass is 497 g/mol. The number of aromatic nitrogens is 1. The van der Waals surface area contributed by atoms with E-state index in [0.717, 1.165) is 52.7 Å². The number of para-hydroxylation sites is 2. The van der Waals surface area contributed by atoms with Crippen molar-refractivity contribution in [3.63, 3.8) is 0 Å². The second-order valence-corrected chi connectivity index (χ2v) is 9.39. The number of carbonyl (C=O) groups excluding carboxylic acids is 1. The van der Waals surface area contributed by atoms with Gasteiger partial charge in [-0.3, -0.25) is 4.79 Å². The number of anilines is 1. The quantitative estimate of drug-likeness (QED) is 0.316. The lowest BCUT2D eigenvalue weighted by Crippen LogP contribution is -2.49. The van der Waals surface area contributed by atoms with Crippen LogP contribution in [0.5, 0.6) is 5.75 Å². The minimum atomic E-state index is -0.283. The van der Waals surface area contributed by atoms with E-state index < -0.39 is 0 Å². The Balaban J connectivity index is 1.44. The van der Waals surface area contributed by atoms with Crippen LogP contribution in [0.1, 0.15) is 28.5 Å². The van der Waals surface area contributed by atoms with Crippen molar-refractivity contribution in [1.29, 1.82) is 0 Å². The fourth-order valence-corrected chi connectivity index (χ4v) is 5.07. The highest BCUT2D eigenvalue weighted by atomic mass is 19.1. The molecular weight excluding hydrogens is 465 g/mol. The van der Waals surface area contributed by atoms with Crippen LogP contribution in [0.4, 0.5) is 10.1 Å². The van der Waals surface area contributed by atoms with Gasteiger partial charge in [0.2, 0.25) is 0 Å². The molecule has 190 valence electrons. The van der Waals surface area contributed by atoms with Crippen molar-refractivity contribution < 1.29 is 13.9 Å². The highest BCUT2D eigenvalue weighted by Gasteiger charge is 2.27. The first-order valence-corrected chi connectivity index (χ1v) is 12.8. The first-order chi connectivity index (χ1) is 18.0. The smallest absolute Gasteiger partial charge is 0.255 e. The summed E-state index contributed by atoms with van der Waals surface area (Å²) in [6.07, 6.45) is 0. The van der Waals surface area contributed by atoms with Crippen LogP contribution in [0.2, 0.25) is 0 Å². The molecule has 37 heavy (non-hydrogen) atoms. The normalized spacial score (nSPS) is 13.6. The number of hydrogen-bond donors (Lipinski definition) is 0. The second kappa shape index (κ2) is 10.5. The van der Waals surface area contributed by atoms with Crippen LogP contribution in [0.15, 0.2) is 78.9 Å². The maximum atomic E-state index is 13.8. The molecule has 0 unspecified atom stereocenters. The summed E-state index contributed by atoms with van der Waals surface area (Å²) < 4.78 is 21.6. The van der Waals surface area contributed by atoms with E-state index in [1.54, 1.807) is 12.1 Å². The molecule has 1 aliphatic heterocycles. The minimum absolute atomic E-state index is 0.0185. The van der Waals surface area contributed by atoms with Gasteiger partial charge in [-0.25, -0.2) is 4.39 Å². The number of piperazine rings is 1. The van der Waals surface area contributed by atoms with Crippen LogP contribution in [0.25, 0.3) is 16.9 Å². The molecule has 0 spiro atoms. The van der Waals surface area contributed by atoms with Gasteiger partial charge in [0, 0.05) is 37.6 Å². The van der Waals surface area contributed by atoms with Gasteiger partial charge in [-0.05, 0) is 86.5 Å². The van der Waals surface area contributed by atoms with Crippen LogP contribution < -0.4 is 9.64 Å². The molecule has 3 aromatic carbocycles. The number of carbonyl (C=O) groups is 1. The van der Waals surface area contributed by atoms with Gasteiger partial charge < -0.3 is 19.1 Å². The third kappa shape index (κ3) is 4.96. The molecule has 1 aromatic heterocycles. The standard InChI is InChI=1S/C31H32FN3O2/c1-4-37-30-11-6-5-10-28(30)33-16-18-34(19-17-33)31(36)27-21-29(24-12-14-25(32)15-13-24)35(23(27)3)26-9-7-8-22(2)20-26/h5-15,20-21H,4,16-19H2,1-3H3. The molecule has 4 aromatic rings. The van der Waals surface area contributed by atoms with Crippen LogP contribution in [0.3, 0.4) is 0 Å². The van der Waals surface area contributed by atoms with E-state index in [1.807, 2.05) is 55.1 Å². The Morgan fingerprint density at radius 2 is 1.62 bits per heavy atom. The molecule has 1 saturated heterocycles. The zero-order valence-electron chi connectivity index (χ0n) is 21.6. The average Bonchev–Trinajstić information content (AvgIpc) is 3.26. The van der Waals surface area contributed by atoms with Gasteiger partial charge in [-0.1, -0.05) is 24.3 Å². The molecule has 0 N–H and O–H groups in total. The van der Waals surface area contributed by atoms with Crippen molar-refractivity contribution in [2.24, 2.45) is 0 Å². The molecule has 5 rings (SSSR count). The number of amides is 1. The third-order valence-electron chi connectivity index (χ3n) is 6.95. The fourth-order valence-electron chi connectivity index (χ4n) is 5.07. The van der Waals surface area contributed by atoms with Gasteiger partial charge in [-0.15, -0.1) is 0 Å². The molecule has 1 amide bonds. The summed E-state index contributed by atoms with van der Waals surface area (Å²) in [4.78, 5) is 18.0. The zero-order chi connectivity index (χ0) is 25.9. The molecule has 0 atom stereocenters. The summed E-state index contributed by atoms with van der Waals surface area (Å²) in [6.45, 7) is 9.35. The summed E-state index contributed by atoms with van der Waals surface area (Å²) in [5, 5.41) is 0. The molecule has 0 bridgehead atoms. The average molecular weight is 498 g/mol. The predicted octanol–water partition coefficient (Wildman–Crippen LogP) is 6.26. The van der Waals surface area contributed by atoms with Crippen molar-refractivity contribution in [2.75, 3.05) is 37.7 Å². The Labute approximate surface area is 217 Å². The molecule has 0 aliphatic carbocycles. The van der Waals surface area contributed by atoms with Crippen LogP contribution >= 0.6 is 0 Å². The first-order valence-electron chi connectivity index (χ1n) is 12.8. The third-order valence-corrected chi connectivity index (χ3v) is 6.95. The molecule has 6 heteroatoms. The predicted molar refractivity (Wildman–Crippen MR) is 146 cm³/mol. The largest absolute Gasteiger partial charge is 0.492 e. The summed E-state index contributed by atoms with van der Waals surface area (Å²) in [5.74, 6) is 0.610. The van der Waals surface area contributed by atoms with Crippen molar-refractivity contribution in [2.45, 2.75) is 20.8 Å². The number of rotatable bonds is 6. The number of hydrogen-bond acceptors (Lipinski definition) is 3. The van der Waals surface area contributed by atoms with E-state index in [0.29, 0.717) is 25.3 Å². The molecule has 0 radical (unpaired) electrons. The van der Waals surface area contributed by atoms with Gasteiger partial charge in [0.05, 0.1) is 23.6 Å². The molecule has 1 fully saturated rings. The van der Waals surface area contributed by atoms with Gasteiger partial charge in [0.1, 0.15) is 11.6 Å². The van der Waals surface area contributed by atoms with E-state index in [9.17, 15) is 9.18 Å². The topological polar surface area (TPSA) is 37.7 Å². The van der Waals surface area contributed by atoms with Crippen LogP contribution in [0, 0.1) is 19.7 Å². The van der Waals surface area contributed by atoms with Crippen molar-refractivity contribution in [3.05, 3.63) is 102 Å². The zero-order valence-corrected chi connectivity index (χ0v) is 21.6. The fraction of sp³-hybridized carbons (Fsp3) is 0.258. The minimum Gasteiger partial charge on any atom is -0.492 e. The first kappa shape index (κ1) is 24.6. The van der Waals surface area contributed by atoms with Crippen molar-refractivity contribution in [1.82, 2.24) is 9.47 Å². The number of aryl methyl sites for hydroxylation is 1. The number of halogens is 1. The Bertz CT molecular complexity index is 1400. The Morgan fingerprint density at radius 3 is 2.32 bits per heavy atom. The Hall–Kier alpha value is -4.06. The van der Waals surface area contributed by atoms with E-state index in [-0.39, 0.29) is 11.7 Å². The molecule has 1 aliphatic rings. The molecule has 2 heterocycles. The van der Waals surface area contributed by atoms with Crippen molar-refractivity contribution >= 4 is 11.6 Å². The second-order valence-electron chi connectivity index (χ2n) is 9.39. The molecular formula is C31H32FN3O2. The van der Waals surface area contributed by atoms with Crippen molar-refractivity contribution in [3.8, 4) is 22.7 Å². The SMILES string of the molecule is CCOc1ccccc1N1CCN(C(=O)c2cc(-c3ccc(F)cc3)n(-c3cccc(C)c3)c2C)CC1. The number of nitrogens with zero attached hydrogens (tertiary/aromatic N) is 3. The maximum Gasteiger partial charge on any atom is 0.255 e. The Kier molecular flexibility index (Phi) is 6.99. The van der Waals surface area contributed by atoms with Crippen LogP contribution in [-0.4, -0.2) is 48.2 Å². The lowest BCUT2D eigenvalue weighted by atomic mass is 10.1. The maximum absolute atomic E-state index is 13.8. The Morgan fingerprint density at radius 1 is 0.892 bits per heavy atom. The van der Waals surface area contributed by atoms with E-state index in [2.05, 4.69) is 34.6 Å². The number of ether oxygens (including phenoxy) is 1. The van der Waals surface area contributed by atoms with E-state index >= 15 is 0 Å². The molecule has 5 nitrogen and oxygen atoms in total. The lowest BCUT2D eigenvalue weighted by molar-refractivity contribution is 0.0746. The lowest BCUT2D eigenvalue weighted by Gasteiger charge is -2.36. The van der Waals surface area contributed by atoms with Gasteiger partial charge >= 0.3 is 0 Å². The van der Waals surface area contributed by atoms with Gasteiger partial charge in [0.15, 0.2) is 0 Å². The van der Waals surface area contributed by atoms with E-state index in [4.69, 9.17) is 4.74 Å². The number of benzene rings is 3.